The molecule has 0 aliphatic carbocycles. The number of amides is 1. The van der Waals surface area contributed by atoms with Crippen LogP contribution in [0.15, 0.2) is 52.9 Å². The minimum absolute atomic E-state index is 0.0780. The number of nitrogens with zero attached hydrogens (tertiary/aromatic N) is 2. The van der Waals surface area contributed by atoms with Crippen molar-refractivity contribution < 1.29 is 13.2 Å². The molecule has 2 aromatic carbocycles. The van der Waals surface area contributed by atoms with Crippen LogP contribution in [0.25, 0.3) is 0 Å². The quantitative estimate of drug-likeness (QED) is 0.353. The van der Waals surface area contributed by atoms with Crippen LogP contribution in [0.5, 0.6) is 0 Å². The van der Waals surface area contributed by atoms with E-state index in [9.17, 15) is 13.2 Å². The molecule has 3 rings (SSSR count). The Kier molecular flexibility index (Phi) is 7.84. The molecule has 0 spiro atoms. The second-order valence-electron chi connectivity index (χ2n) is 6.18. The first-order valence-corrected chi connectivity index (χ1v) is 12.7. The highest BCUT2D eigenvalue weighted by atomic mass is 35.5. The van der Waals surface area contributed by atoms with Crippen LogP contribution in [0.3, 0.4) is 0 Å². The van der Waals surface area contributed by atoms with Crippen LogP contribution in [0.2, 0.25) is 5.02 Å². The second kappa shape index (κ2) is 10.4. The third kappa shape index (κ3) is 6.02. The van der Waals surface area contributed by atoms with Crippen molar-refractivity contribution in [3.63, 3.8) is 0 Å². The van der Waals surface area contributed by atoms with E-state index < -0.39 is 15.9 Å². The molecular formula is C19H19ClN4O3S3. The summed E-state index contributed by atoms with van der Waals surface area (Å²) in [5.74, 6) is 0.940. The summed E-state index contributed by atoms with van der Waals surface area (Å²) in [7, 11) is -3.80. The molecule has 158 valence electrons. The predicted molar refractivity (Wildman–Crippen MR) is 122 cm³/mol. The van der Waals surface area contributed by atoms with Crippen molar-refractivity contribution in [1.29, 1.82) is 0 Å². The van der Waals surface area contributed by atoms with Gasteiger partial charge in [-0.2, -0.15) is 11.8 Å². The van der Waals surface area contributed by atoms with E-state index >= 15 is 0 Å². The molecule has 0 saturated carbocycles. The number of benzene rings is 2. The molecule has 2 N–H and O–H groups in total. The van der Waals surface area contributed by atoms with Crippen molar-refractivity contribution >= 4 is 55.8 Å². The molecule has 0 radical (unpaired) electrons. The SMILES string of the molecule is Cc1ccccc1CSCCNS(=O)(=O)c1nnc(NC(=O)c2ccccc2Cl)s1. The molecule has 0 bridgehead atoms. The molecule has 3 aromatic rings. The van der Waals surface area contributed by atoms with E-state index in [0.29, 0.717) is 5.75 Å². The van der Waals surface area contributed by atoms with Gasteiger partial charge in [0.25, 0.3) is 15.9 Å². The van der Waals surface area contributed by atoms with Gasteiger partial charge in [-0.15, -0.1) is 10.2 Å². The Morgan fingerprint density at radius 3 is 2.63 bits per heavy atom. The lowest BCUT2D eigenvalue weighted by Gasteiger charge is -2.06. The van der Waals surface area contributed by atoms with Crippen molar-refractivity contribution in [3.8, 4) is 0 Å². The fraction of sp³-hybridized carbons (Fsp3) is 0.211. The van der Waals surface area contributed by atoms with Gasteiger partial charge in [-0.05, 0) is 30.2 Å². The van der Waals surface area contributed by atoms with E-state index in [2.05, 4.69) is 39.3 Å². The zero-order valence-corrected chi connectivity index (χ0v) is 19.2. The van der Waals surface area contributed by atoms with E-state index in [1.165, 1.54) is 11.1 Å². The van der Waals surface area contributed by atoms with Crippen molar-refractivity contribution in [2.45, 2.75) is 17.0 Å². The molecule has 0 aliphatic heterocycles. The van der Waals surface area contributed by atoms with Crippen LogP contribution in [0, 0.1) is 6.92 Å². The number of hydrogen-bond donors (Lipinski definition) is 2. The van der Waals surface area contributed by atoms with Gasteiger partial charge in [-0.25, -0.2) is 13.1 Å². The average molecular weight is 483 g/mol. The van der Waals surface area contributed by atoms with Crippen molar-refractivity contribution in [2.75, 3.05) is 17.6 Å². The molecule has 0 unspecified atom stereocenters. The minimum atomic E-state index is -3.80. The zero-order valence-electron chi connectivity index (χ0n) is 16.0. The van der Waals surface area contributed by atoms with Gasteiger partial charge in [0.05, 0.1) is 10.6 Å². The maximum absolute atomic E-state index is 12.4. The Balaban J connectivity index is 1.51. The van der Waals surface area contributed by atoms with E-state index in [0.717, 1.165) is 17.1 Å². The fourth-order valence-corrected chi connectivity index (χ4v) is 5.70. The Morgan fingerprint density at radius 1 is 1.13 bits per heavy atom. The van der Waals surface area contributed by atoms with E-state index in [1.54, 1.807) is 36.0 Å². The predicted octanol–water partition coefficient (Wildman–Crippen LogP) is 3.96. The number of aromatic nitrogens is 2. The summed E-state index contributed by atoms with van der Waals surface area (Å²) >= 11 is 8.41. The van der Waals surface area contributed by atoms with Crippen molar-refractivity contribution in [2.24, 2.45) is 0 Å². The van der Waals surface area contributed by atoms with Crippen molar-refractivity contribution in [3.05, 3.63) is 70.2 Å². The Labute approximate surface area is 188 Å². The average Bonchev–Trinajstić information content (AvgIpc) is 3.19. The topological polar surface area (TPSA) is 101 Å². The van der Waals surface area contributed by atoms with Gasteiger partial charge in [-0.3, -0.25) is 10.1 Å². The third-order valence-electron chi connectivity index (χ3n) is 4.03. The monoisotopic (exact) mass is 482 g/mol. The number of thioether (sulfide) groups is 1. The smallest absolute Gasteiger partial charge is 0.269 e. The largest absolute Gasteiger partial charge is 0.296 e. The fourth-order valence-electron chi connectivity index (χ4n) is 2.44. The molecular weight excluding hydrogens is 464 g/mol. The third-order valence-corrected chi connectivity index (χ3v) is 8.04. The molecule has 0 saturated heterocycles. The van der Waals surface area contributed by atoms with E-state index in [4.69, 9.17) is 11.6 Å². The maximum Gasteiger partial charge on any atom is 0.269 e. The molecule has 0 fully saturated rings. The van der Waals surface area contributed by atoms with E-state index in [-0.39, 0.29) is 26.6 Å². The molecule has 1 amide bonds. The van der Waals surface area contributed by atoms with Gasteiger partial charge in [0.1, 0.15) is 0 Å². The molecule has 1 aromatic heterocycles. The lowest BCUT2D eigenvalue weighted by Crippen LogP contribution is -2.26. The van der Waals surface area contributed by atoms with Crippen LogP contribution >= 0.6 is 34.7 Å². The molecule has 30 heavy (non-hydrogen) atoms. The summed E-state index contributed by atoms with van der Waals surface area (Å²) in [6, 6.07) is 14.6. The highest BCUT2D eigenvalue weighted by Gasteiger charge is 2.21. The zero-order chi connectivity index (χ0) is 21.6. The summed E-state index contributed by atoms with van der Waals surface area (Å²) in [5.41, 5.74) is 2.71. The van der Waals surface area contributed by atoms with Gasteiger partial charge >= 0.3 is 0 Å². The molecule has 0 atom stereocenters. The van der Waals surface area contributed by atoms with Crippen LogP contribution in [0.4, 0.5) is 5.13 Å². The highest BCUT2D eigenvalue weighted by Crippen LogP contribution is 2.22. The number of rotatable bonds is 9. The Hall–Kier alpha value is -1.98. The summed E-state index contributed by atoms with van der Waals surface area (Å²) in [6.07, 6.45) is 0. The number of carbonyl (C=O) groups is 1. The lowest BCUT2D eigenvalue weighted by molar-refractivity contribution is 0.102. The molecule has 0 aliphatic rings. The first-order chi connectivity index (χ1) is 14.4. The van der Waals surface area contributed by atoms with Crippen molar-refractivity contribution in [1.82, 2.24) is 14.9 Å². The second-order valence-corrected chi connectivity index (χ2v) is 10.6. The molecule has 1 heterocycles. The number of halogens is 1. The Bertz CT molecular complexity index is 1140. The molecule has 11 heteroatoms. The lowest BCUT2D eigenvalue weighted by atomic mass is 10.1. The number of carbonyl (C=O) groups excluding carboxylic acids is 1. The minimum Gasteiger partial charge on any atom is -0.296 e. The summed E-state index contributed by atoms with van der Waals surface area (Å²) in [4.78, 5) is 12.3. The number of aryl methyl sites for hydroxylation is 1. The van der Waals surface area contributed by atoms with Crippen LogP contribution in [0.1, 0.15) is 21.5 Å². The van der Waals surface area contributed by atoms with Gasteiger partial charge < -0.3 is 0 Å². The van der Waals surface area contributed by atoms with Gasteiger partial charge in [0.15, 0.2) is 0 Å². The van der Waals surface area contributed by atoms with Crippen LogP contribution in [-0.2, 0) is 15.8 Å². The molecule has 7 nitrogen and oxygen atoms in total. The van der Waals surface area contributed by atoms with Crippen LogP contribution in [-0.4, -0.2) is 36.8 Å². The summed E-state index contributed by atoms with van der Waals surface area (Å²) in [6.45, 7) is 2.32. The summed E-state index contributed by atoms with van der Waals surface area (Å²) < 4.78 is 27.1. The first-order valence-electron chi connectivity index (χ1n) is 8.88. The summed E-state index contributed by atoms with van der Waals surface area (Å²) in [5, 5.41) is 10.3. The number of hydrogen-bond acceptors (Lipinski definition) is 7. The maximum atomic E-state index is 12.4. The number of anilines is 1. The Morgan fingerprint density at radius 2 is 1.87 bits per heavy atom. The number of nitrogens with one attached hydrogen (secondary N) is 2. The standard InChI is InChI=1S/C19H19ClN4O3S3/c1-13-6-2-3-7-14(13)12-28-11-10-21-30(26,27)19-24-23-18(29-19)22-17(25)15-8-4-5-9-16(15)20/h2-9,21H,10-12H2,1H3,(H,22,23,25). The normalized spacial score (nSPS) is 11.4. The van der Waals surface area contributed by atoms with Gasteiger partial charge in [0, 0.05) is 18.1 Å². The van der Waals surface area contributed by atoms with Crippen LogP contribution < -0.4 is 10.0 Å². The van der Waals surface area contributed by atoms with Gasteiger partial charge in [0.2, 0.25) is 9.47 Å². The van der Waals surface area contributed by atoms with Gasteiger partial charge in [-0.1, -0.05) is 59.3 Å². The first kappa shape index (κ1) is 22.7. The van der Waals surface area contributed by atoms with E-state index in [1.807, 2.05) is 12.1 Å². The number of sulfonamides is 1. The highest BCUT2D eigenvalue weighted by molar-refractivity contribution is 7.98.